The first-order valence-corrected chi connectivity index (χ1v) is 4.42. The zero-order chi connectivity index (χ0) is 9.68. The van der Waals surface area contributed by atoms with Crippen LogP contribution >= 0.6 is 0 Å². The SMILES string of the molecule is CCOC(=O)N1CCNC(=O)CC1. The largest absolute Gasteiger partial charge is 0.450 e. The molecule has 0 saturated carbocycles. The smallest absolute Gasteiger partial charge is 0.409 e. The highest BCUT2D eigenvalue weighted by molar-refractivity contribution is 5.77. The molecule has 0 atom stereocenters. The van der Waals surface area contributed by atoms with Crippen LogP contribution in [-0.4, -0.2) is 43.1 Å². The Labute approximate surface area is 77.0 Å². The summed E-state index contributed by atoms with van der Waals surface area (Å²) in [6, 6.07) is 0. The van der Waals surface area contributed by atoms with Crippen molar-refractivity contribution in [2.24, 2.45) is 0 Å². The quantitative estimate of drug-likeness (QED) is 0.625. The van der Waals surface area contributed by atoms with Crippen LogP contribution in [0.5, 0.6) is 0 Å². The molecule has 1 aliphatic heterocycles. The van der Waals surface area contributed by atoms with Crippen molar-refractivity contribution in [2.75, 3.05) is 26.2 Å². The van der Waals surface area contributed by atoms with Gasteiger partial charge in [0.2, 0.25) is 5.91 Å². The van der Waals surface area contributed by atoms with Gasteiger partial charge in [-0.3, -0.25) is 4.79 Å². The van der Waals surface area contributed by atoms with Gasteiger partial charge in [0.15, 0.2) is 0 Å². The van der Waals surface area contributed by atoms with Gasteiger partial charge in [-0.15, -0.1) is 0 Å². The minimum absolute atomic E-state index is 0.00759. The molecule has 1 heterocycles. The summed E-state index contributed by atoms with van der Waals surface area (Å²) >= 11 is 0. The number of carbonyl (C=O) groups excluding carboxylic acids is 2. The van der Waals surface area contributed by atoms with Crippen molar-refractivity contribution < 1.29 is 14.3 Å². The Morgan fingerprint density at radius 3 is 3.08 bits per heavy atom. The number of nitrogens with zero attached hydrogens (tertiary/aromatic N) is 1. The maximum atomic E-state index is 11.2. The molecule has 0 aromatic carbocycles. The molecule has 1 saturated heterocycles. The zero-order valence-electron chi connectivity index (χ0n) is 7.71. The van der Waals surface area contributed by atoms with E-state index in [1.165, 1.54) is 0 Å². The van der Waals surface area contributed by atoms with Crippen LogP contribution in [0.1, 0.15) is 13.3 Å². The van der Waals surface area contributed by atoms with Crippen LogP contribution in [0.15, 0.2) is 0 Å². The molecule has 1 aliphatic rings. The van der Waals surface area contributed by atoms with Crippen LogP contribution in [-0.2, 0) is 9.53 Å². The Balaban J connectivity index is 2.41. The molecule has 13 heavy (non-hydrogen) atoms. The highest BCUT2D eigenvalue weighted by Gasteiger charge is 2.18. The number of ether oxygens (including phenoxy) is 1. The average molecular weight is 186 g/mol. The van der Waals surface area contributed by atoms with E-state index in [-0.39, 0.29) is 12.0 Å². The molecular weight excluding hydrogens is 172 g/mol. The monoisotopic (exact) mass is 186 g/mol. The second kappa shape index (κ2) is 4.69. The van der Waals surface area contributed by atoms with Crippen molar-refractivity contribution in [3.63, 3.8) is 0 Å². The van der Waals surface area contributed by atoms with Crippen LogP contribution in [0.25, 0.3) is 0 Å². The lowest BCUT2D eigenvalue weighted by molar-refractivity contribution is -0.120. The van der Waals surface area contributed by atoms with E-state index in [2.05, 4.69) is 5.32 Å². The van der Waals surface area contributed by atoms with Crippen molar-refractivity contribution in [1.82, 2.24) is 10.2 Å². The fourth-order valence-corrected chi connectivity index (χ4v) is 1.16. The molecule has 0 aliphatic carbocycles. The molecule has 0 spiro atoms. The van der Waals surface area contributed by atoms with Crippen LogP contribution in [0.4, 0.5) is 4.79 Å². The van der Waals surface area contributed by atoms with Crippen LogP contribution in [0.2, 0.25) is 0 Å². The number of hydrogen-bond donors (Lipinski definition) is 1. The third kappa shape index (κ3) is 2.93. The Hall–Kier alpha value is -1.26. The summed E-state index contributed by atoms with van der Waals surface area (Å²) in [6.45, 7) is 3.63. The number of nitrogens with one attached hydrogen (secondary N) is 1. The van der Waals surface area contributed by atoms with E-state index in [1.54, 1.807) is 11.8 Å². The van der Waals surface area contributed by atoms with E-state index in [0.717, 1.165) is 0 Å². The standard InChI is InChI=1S/C8H14N2O3/c1-2-13-8(12)10-5-3-7(11)9-4-6-10/h2-6H2,1H3,(H,9,11). The fraction of sp³-hybridized carbons (Fsp3) is 0.750. The molecule has 2 amide bonds. The highest BCUT2D eigenvalue weighted by Crippen LogP contribution is 1.99. The maximum Gasteiger partial charge on any atom is 0.409 e. The highest BCUT2D eigenvalue weighted by atomic mass is 16.6. The topological polar surface area (TPSA) is 58.6 Å². The minimum atomic E-state index is -0.334. The van der Waals surface area contributed by atoms with E-state index in [0.29, 0.717) is 32.7 Å². The molecule has 74 valence electrons. The van der Waals surface area contributed by atoms with Gasteiger partial charge >= 0.3 is 6.09 Å². The van der Waals surface area contributed by atoms with E-state index in [1.807, 2.05) is 0 Å². The lowest BCUT2D eigenvalue weighted by Gasteiger charge is -2.17. The van der Waals surface area contributed by atoms with E-state index in [9.17, 15) is 9.59 Å². The van der Waals surface area contributed by atoms with Gasteiger partial charge in [0.25, 0.3) is 0 Å². The van der Waals surface area contributed by atoms with Gasteiger partial charge in [-0.25, -0.2) is 4.79 Å². The molecule has 1 fully saturated rings. The number of rotatable bonds is 1. The van der Waals surface area contributed by atoms with E-state index < -0.39 is 0 Å². The van der Waals surface area contributed by atoms with Gasteiger partial charge in [0.05, 0.1) is 6.61 Å². The van der Waals surface area contributed by atoms with Crippen molar-refractivity contribution in [1.29, 1.82) is 0 Å². The van der Waals surface area contributed by atoms with Gasteiger partial charge in [0, 0.05) is 26.1 Å². The van der Waals surface area contributed by atoms with Gasteiger partial charge in [-0.2, -0.15) is 0 Å². The van der Waals surface area contributed by atoms with Crippen LogP contribution < -0.4 is 5.32 Å². The number of carbonyl (C=O) groups is 2. The fourth-order valence-electron chi connectivity index (χ4n) is 1.16. The van der Waals surface area contributed by atoms with Gasteiger partial charge < -0.3 is 15.0 Å². The molecular formula is C8H14N2O3. The van der Waals surface area contributed by atoms with E-state index >= 15 is 0 Å². The molecule has 5 heteroatoms. The summed E-state index contributed by atoms with van der Waals surface area (Å²) in [5.74, 6) is -0.00759. The average Bonchev–Trinajstić information content (AvgIpc) is 2.30. The Morgan fingerprint density at radius 2 is 2.38 bits per heavy atom. The summed E-state index contributed by atoms with van der Waals surface area (Å²) in [4.78, 5) is 23.7. The number of amides is 2. The Morgan fingerprint density at radius 1 is 1.62 bits per heavy atom. The second-order valence-corrected chi connectivity index (χ2v) is 2.79. The molecule has 1 rings (SSSR count). The lowest BCUT2D eigenvalue weighted by Crippen LogP contribution is -2.34. The Kier molecular flexibility index (Phi) is 3.54. The summed E-state index contributed by atoms with van der Waals surface area (Å²) in [6.07, 6.45) is 0.0257. The first kappa shape index (κ1) is 9.83. The van der Waals surface area contributed by atoms with Crippen molar-refractivity contribution in [3.05, 3.63) is 0 Å². The minimum Gasteiger partial charge on any atom is -0.450 e. The lowest BCUT2D eigenvalue weighted by atomic mass is 10.4. The molecule has 0 aromatic heterocycles. The Bertz CT molecular complexity index is 206. The van der Waals surface area contributed by atoms with Crippen molar-refractivity contribution >= 4 is 12.0 Å². The first-order chi connectivity index (χ1) is 6.24. The van der Waals surface area contributed by atoms with Crippen LogP contribution in [0.3, 0.4) is 0 Å². The van der Waals surface area contributed by atoms with E-state index in [4.69, 9.17) is 4.74 Å². The molecule has 0 bridgehead atoms. The zero-order valence-corrected chi connectivity index (χ0v) is 7.71. The summed E-state index contributed by atoms with van der Waals surface area (Å²) in [5, 5.41) is 2.68. The predicted octanol–water partition coefficient (Wildman–Crippen LogP) is -0.0352. The third-order valence-electron chi connectivity index (χ3n) is 1.84. The molecule has 1 N–H and O–H groups in total. The van der Waals surface area contributed by atoms with Crippen molar-refractivity contribution in [2.45, 2.75) is 13.3 Å². The second-order valence-electron chi connectivity index (χ2n) is 2.79. The maximum absolute atomic E-state index is 11.2. The third-order valence-corrected chi connectivity index (χ3v) is 1.84. The first-order valence-electron chi connectivity index (χ1n) is 4.42. The molecule has 5 nitrogen and oxygen atoms in total. The predicted molar refractivity (Wildman–Crippen MR) is 46.2 cm³/mol. The van der Waals surface area contributed by atoms with Crippen LogP contribution in [0, 0.1) is 0 Å². The summed E-state index contributed by atoms with van der Waals surface area (Å²) in [7, 11) is 0. The normalized spacial score (nSPS) is 17.6. The summed E-state index contributed by atoms with van der Waals surface area (Å²) in [5.41, 5.74) is 0. The van der Waals surface area contributed by atoms with Gasteiger partial charge in [-0.05, 0) is 6.92 Å². The van der Waals surface area contributed by atoms with Crippen molar-refractivity contribution in [3.8, 4) is 0 Å². The van der Waals surface area contributed by atoms with Gasteiger partial charge in [0.1, 0.15) is 0 Å². The number of hydrogen-bond acceptors (Lipinski definition) is 3. The summed E-state index contributed by atoms with van der Waals surface area (Å²) < 4.78 is 4.82. The molecule has 0 radical (unpaired) electrons. The molecule has 0 aromatic rings. The molecule has 0 unspecified atom stereocenters. The van der Waals surface area contributed by atoms with Gasteiger partial charge in [-0.1, -0.05) is 0 Å².